The lowest BCUT2D eigenvalue weighted by Crippen LogP contribution is -2.34. The lowest BCUT2D eigenvalue weighted by atomic mass is 10.1. The molecule has 3 nitrogen and oxygen atoms in total. The van der Waals surface area contributed by atoms with Crippen molar-refractivity contribution in [3.63, 3.8) is 0 Å². The van der Waals surface area contributed by atoms with Crippen LogP contribution in [0.5, 0.6) is 11.5 Å². The minimum absolute atomic E-state index is 0.244. The Morgan fingerprint density at radius 2 is 1.97 bits per heavy atom. The molecule has 0 N–H and O–H groups in total. The predicted molar refractivity (Wildman–Crippen MR) is 122 cm³/mol. The number of benzene rings is 2. The first-order valence-electron chi connectivity index (χ1n) is 10.3. The normalized spacial score (nSPS) is 11.9. The third-order valence-electron chi connectivity index (χ3n) is 4.95. The molecule has 2 aromatic rings. The van der Waals surface area contributed by atoms with Gasteiger partial charge in [-0.15, -0.1) is 6.42 Å². The number of rotatable bonds is 12. The maximum Gasteiger partial charge on any atom is 0.123 e. The molecule has 29 heavy (non-hydrogen) atoms. The van der Waals surface area contributed by atoms with Crippen molar-refractivity contribution in [2.24, 2.45) is 0 Å². The maximum absolute atomic E-state index is 6.12. The summed E-state index contributed by atoms with van der Waals surface area (Å²) < 4.78 is 12.1. The fraction of sp³-hybridized carbons (Fsp3) is 0.440. The molecule has 0 saturated heterocycles. The fourth-order valence-electron chi connectivity index (χ4n) is 2.98. The summed E-state index contributed by atoms with van der Waals surface area (Å²) >= 11 is 6.08. The van der Waals surface area contributed by atoms with Crippen LogP contribution in [0.2, 0.25) is 5.02 Å². The third-order valence-corrected chi connectivity index (χ3v) is 5.18. The summed E-state index contributed by atoms with van der Waals surface area (Å²) in [4.78, 5) is 2.10. The van der Waals surface area contributed by atoms with Gasteiger partial charge in [-0.05, 0) is 68.3 Å². The van der Waals surface area contributed by atoms with Gasteiger partial charge in [-0.1, -0.05) is 49.4 Å². The van der Waals surface area contributed by atoms with Crippen molar-refractivity contribution in [1.82, 2.24) is 4.90 Å². The van der Waals surface area contributed by atoms with Gasteiger partial charge in [0.2, 0.25) is 0 Å². The van der Waals surface area contributed by atoms with E-state index < -0.39 is 0 Å². The van der Waals surface area contributed by atoms with E-state index >= 15 is 0 Å². The number of aryl methyl sites for hydroxylation is 1. The molecule has 0 bridgehead atoms. The van der Waals surface area contributed by atoms with Crippen LogP contribution in [0.15, 0.2) is 42.5 Å². The van der Waals surface area contributed by atoms with Gasteiger partial charge >= 0.3 is 0 Å². The Morgan fingerprint density at radius 1 is 1.14 bits per heavy atom. The van der Waals surface area contributed by atoms with Crippen molar-refractivity contribution in [3.05, 3.63) is 58.6 Å². The minimum atomic E-state index is 0.244. The zero-order chi connectivity index (χ0) is 21.1. The van der Waals surface area contributed by atoms with E-state index in [-0.39, 0.29) is 6.04 Å². The predicted octanol–water partition coefficient (Wildman–Crippen LogP) is 5.98. The van der Waals surface area contributed by atoms with E-state index in [0.717, 1.165) is 34.9 Å². The first kappa shape index (κ1) is 23.1. The van der Waals surface area contributed by atoms with Gasteiger partial charge < -0.3 is 9.47 Å². The Labute approximate surface area is 181 Å². The van der Waals surface area contributed by atoms with Crippen molar-refractivity contribution in [2.75, 3.05) is 20.2 Å². The van der Waals surface area contributed by atoms with E-state index in [4.69, 9.17) is 27.5 Å². The van der Waals surface area contributed by atoms with Crippen molar-refractivity contribution in [3.8, 4) is 23.8 Å². The van der Waals surface area contributed by atoms with Crippen LogP contribution in [0.4, 0.5) is 0 Å². The van der Waals surface area contributed by atoms with Gasteiger partial charge in [0.05, 0.1) is 6.54 Å². The molecule has 0 aliphatic carbocycles. The number of hydrogen-bond donors (Lipinski definition) is 0. The molecule has 0 amide bonds. The lowest BCUT2D eigenvalue weighted by molar-refractivity contribution is 0.187. The largest absolute Gasteiger partial charge is 0.492 e. The number of unbranched alkanes of at least 4 members (excludes halogenated alkanes) is 2. The molecule has 0 saturated carbocycles. The van der Waals surface area contributed by atoms with Crippen molar-refractivity contribution >= 4 is 11.6 Å². The molecule has 0 aliphatic heterocycles. The standard InChI is InChI=1S/C25H32ClNO2/c1-5-7-8-11-22-17-24(28-18-20(3)27(4)15-6-2)13-14-25(22)29-19-21-10-9-12-23(26)16-21/h2,9-10,12-14,16-17,20H,5,7-8,11,15,18-19H2,1,3-4H3. The van der Waals surface area contributed by atoms with E-state index in [1.54, 1.807) is 0 Å². The van der Waals surface area contributed by atoms with Crippen molar-refractivity contribution in [1.29, 1.82) is 0 Å². The molecule has 156 valence electrons. The van der Waals surface area contributed by atoms with E-state index in [9.17, 15) is 0 Å². The zero-order valence-electron chi connectivity index (χ0n) is 17.8. The highest BCUT2D eigenvalue weighted by molar-refractivity contribution is 6.30. The number of terminal acetylenes is 1. The first-order chi connectivity index (χ1) is 14.0. The molecule has 4 heteroatoms. The van der Waals surface area contributed by atoms with Gasteiger partial charge in [-0.3, -0.25) is 4.90 Å². The molecule has 2 aromatic carbocycles. The average molecular weight is 414 g/mol. The number of hydrogen-bond acceptors (Lipinski definition) is 3. The van der Waals surface area contributed by atoms with Crippen LogP contribution in [-0.4, -0.2) is 31.1 Å². The quantitative estimate of drug-likeness (QED) is 0.315. The van der Waals surface area contributed by atoms with E-state index in [0.29, 0.717) is 19.8 Å². The van der Waals surface area contributed by atoms with Crippen molar-refractivity contribution in [2.45, 2.75) is 52.2 Å². The SMILES string of the molecule is C#CCN(C)C(C)COc1ccc(OCc2cccc(Cl)c2)c(CCCCC)c1. The molecule has 0 aliphatic rings. The van der Waals surface area contributed by atoms with Crippen molar-refractivity contribution < 1.29 is 9.47 Å². The molecular weight excluding hydrogens is 382 g/mol. The van der Waals surface area contributed by atoms with Gasteiger partial charge in [0, 0.05) is 11.1 Å². The minimum Gasteiger partial charge on any atom is -0.492 e. The van der Waals surface area contributed by atoms with E-state index in [1.807, 2.05) is 43.4 Å². The van der Waals surface area contributed by atoms with Gasteiger partial charge in [0.1, 0.15) is 24.7 Å². The Balaban J connectivity index is 2.05. The van der Waals surface area contributed by atoms with Crippen LogP contribution in [-0.2, 0) is 13.0 Å². The maximum atomic E-state index is 6.12. The van der Waals surface area contributed by atoms with Gasteiger partial charge in [-0.2, -0.15) is 0 Å². The van der Waals surface area contributed by atoms with Crippen LogP contribution in [0, 0.1) is 12.3 Å². The van der Waals surface area contributed by atoms with Crippen LogP contribution in [0.25, 0.3) is 0 Å². The summed E-state index contributed by atoms with van der Waals surface area (Å²) in [5.41, 5.74) is 2.24. The van der Waals surface area contributed by atoms with Crippen LogP contribution in [0.1, 0.15) is 44.2 Å². The molecule has 0 aromatic heterocycles. The number of ether oxygens (including phenoxy) is 2. The summed E-state index contributed by atoms with van der Waals surface area (Å²) in [5.74, 6) is 4.44. The van der Waals surface area contributed by atoms with Crippen LogP contribution in [0.3, 0.4) is 0 Å². The summed E-state index contributed by atoms with van der Waals surface area (Å²) in [6.07, 6.45) is 9.89. The van der Waals surface area contributed by atoms with Gasteiger partial charge in [0.15, 0.2) is 0 Å². The highest BCUT2D eigenvalue weighted by Gasteiger charge is 2.11. The molecule has 1 atom stereocenters. The van der Waals surface area contributed by atoms with E-state index in [1.165, 1.54) is 18.4 Å². The Bertz CT molecular complexity index is 800. The third kappa shape index (κ3) is 8.01. The molecule has 2 rings (SSSR count). The average Bonchev–Trinajstić information content (AvgIpc) is 2.71. The zero-order valence-corrected chi connectivity index (χ0v) is 18.5. The summed E-state index contributed by atoms with van der Waals surface area (Å²) in [6.45, 7) is 6.03. The summed E-state index contributed by atoms with van der Waals surface area (Å²) in [6, 6.07) is 14.1. The second-order valence-electron chi connectivity index (χ2n) is 7.42. The molecular formula is C25H32ClNO2. The number of nitrogens with zero attached hydrogens (tertiary/aromatic N) is 1. The smallest absolute Gasteiger partial charge is 0.123 e. The molecule has 0 radical (unpaired) electrons. The first-order valence-corrected chi connectivity index (χ1v) is 10.7. The molecule has 0 spiro atoms. The highest BCUT2D eigenvalue weighted by atomic mass is 35.5. The molecule has 0 heterocycles. The monoisotopic (exact) mass is 413 g/mol. The Kier molecular flexibility index (Phi) is 9.91. The summed E-state index contributed by atoms with van der Waals surface area (Å²) in [7, 11) is 2.01. The van der Waals surface area contributed by atoms with Gasteiger partial charge in [-0.25, -0.2) is 0 Å². The Hall–Kier alpha value is -2.15. The second kappa shape index (κ2) is 12.4. The number of likely N-dealkylation sites (N-methyl/N-ethyl adjacent to an activating group) is 1. The lowest BCUT2D eigenvalue weighted by Gasteiger charge is -2.23. The highest BCUT2D eigenvalue weighted by Crippen LogP contribution is 2.27. The number of halogens is 1. The topological polar surface area (TPSA) is 21.7 Å². The van der Waals surface area contributed by atoms with E-state index in [2.05, 4.69) is 30.7 Å². The fourth-order valence-corrected chi connectivity index (χ4v) is 3.19. The Morgan fingerprint density at radius 3 is 2.69 bits per heavy atom. The second-order valence-corrected chi connectivity index (χ2v) is 7.86. The van der Waals surface area contributed by atoms with Crippen LogP contribution < -0.4 is 9.47 Å². The molecule has 0 fully saturated rings. The van der Waals surface area contributed by atoms with Crippen LogP contribution >= 0.6 is 11.6 Å². The van der Waals surface area contributed by atoms with Gasteiger partial charge in [0.25, 0.3) is 0 Å². The molecule has 1 unspecified atom stereocenters. The summed E-state index contributed by atoms with van der Waals surface area (Å²) in [5, 5.41) is 0.724.